The number of carbonyl (C=O) groups is 1. The van der Waals surface area contributed by atoms with Crippen LogP contribution in [0, 0.1) is 0 Å². The molecule has 1 fully saturated rings. The molecule has 152 valence electrons. The normalized spacial score (nSPS) is 15.7. The van der Waals surface area contributed by atoms with Gasteiger partial charge in [-0.25, -0.2) is 8.42 Å². The molecule has 1 amide bonds. The van der Waals surface area contributed by atoms with Crippen LogP contribution in [0.15, 0.2) is 77.8 Å². The van der Waals surface area contributed by atoms with Gasteiger partial charge >= 0.3 is 0 Å². The number of hydrogen-bond donors (Lipinski definition) is 1. The third kappa shape index (κ3) is 3.16. The summed E-state index contributed by atoms with van der Waals surface area (Å²) < 4.78 is 27.7. The summed E-state index contributed by atoms with van der Waals surface area (Å²) in [6.07, 6.45) is 1.73. The highest BCUT2D eigenvalue weighted by molar-refractivity contribution is 7.89. The summed E-state index contributed by atoms with van der Waals surface area (Å²) in [5, 5.41) is 2.78. The molecule has 2 heterocycles. The SMILES string of the molecule is O=C(c1c[nH]c2ccccc12)N1CCN(S(=O)(=O)c2ccc3ccccc3c2)CC1. The molecule has 30 heavy (non-hydrogen) atoms. The summed E-state index contributed by atoms with van der Waals surface area (Å²) in [5.74, 6) is -0.0739. The van der Waals surface area contributed by atoms with Crippen molar-refractivity contribution in [1.82, 2.24) is 14.2 Å². The number of aromatic amines is 1. The van der Waals surface area contributed by atoms with Crippen molar-refractivity contribution in [2.24, 2.45) is 0 Å². The first-order valence-corrected chi connectivity index (χ1v) is 11.3. The van der Waals surface area contributed by atoms with Crippen LogP contribution >= 0.6 is 0 Å². The number of para-hydroxylation sites is 1. The summed E-state index contributed by atoms with van der Waals surface area (Å²) in [4.78, 5) is 18.1. The molecule has 7 heteroatoms. The quantitative estimate of drug-likeness (QED) is 0.553. The van der Waals surface area contributed by atoms with Crippen LogP contribution in [0.3, 0.4) is 0 Å². The van der Waals surface area contributed by atoms with Crippen molar-refractivity contribution in [3.63, 3.8) is 0 Å². The average molecular weight is 420 g/mol. The number of sulfonamides is 1. The van der Waals surface area contributed by atoms with E-state index in [9.17, 15) is 13.2 Å². The molecule has 0 radical (unpaired) electrons. The van der Waals surface area contributed by atoms with Crippen molar-refractivity contribution in [1.29, 1.82) is 0 Å². The first kappa shape index (κ1) is 18.8. The summed E-state index contributed by atoms with van der Waals surface area (Å²) in [6, 6.07) is 20.6. The van der Waals surface area contributed by atoms with Crippen molar-refractivity contribution in [2.75, 3.05) is 26.2 Å². The molecule has 5 rings (SSSR count). The maximum Gasteiger partial charge on any atom is 0.256 e. The zero-order valence-corrected chi connectivity index (χ0v) is 17.1. The molecule has 0 atom stereocenters. The largest absolute Gasteiger partial charge is 0.360 e. The monoisotopic (exact) mass is 419 g/mol. The second kappa shape index (κ2) is 7.27. The lowest BCUT2D eigenvalue weighted by molar-refractivity contribution is 0.0700. The van der Waals surface area contributed by atoms with Crippen molar-refractivity contribution < 1.29 is 13.2 Å². The standard InChI is InChI=1S/C23H21N3O3S/c27-23(21-16-24-22-8-4-3-7-20(21)22)25-11-13-26(14-12-25)30(28,29)19-10-9-17-5-1-2-6-18(17)15-19/h1-10,15-16,24H,11-14H2. The van der Waals surface area contributed by atoms with Crippen LogP contribution < -0.4 is 0 Å². The van der Waals surface area contributed by atoms with Gasteiger partial charge in [0.05, 0.1) is 10.5 Å². The number of benzene rings is 3. The van der Waals surface area contributed by atoms with E-state index < -0.39 is 10.0 Å². The molecular formula is C23H21N3O3S. The molecule has 3 aromatic carbocycles. The number of rotatable bonds is 3. The minimum Gasteiger partial charge on any atom is -0.360 e. The first-order chi connectivity index (χ1) is 14.5. The van der Waals surface area contributed by atoms with E-state index in [1.54, 1.807) is 23.2 Å². The van der Waals surface area contributed by atoms with Gasteiger partial charge < -0.3 is 9.88 Å². The Morgan fingerprint density at radius 3 is 2.33 bits per heavy atom. The zero-order valence-electron chi connectivity index (χ0n) is 16.3. The summed E-state index contributed by atoms with van der Waals surface area (Å²) >= 11 is 0. The van der Waals surface area contributed by atoms with E-state index in [1.165, 1.54) is 4.31 Å². The Bertz CT molecular complexity index is 1350. The van der Waals surface area contributed by atoms with Crippen molar-refractivity contribution in [2.45, 2.75) is 4.90 Å². The van der Waals surface area contributed by atoms with Gasteiger partial charge in [0.15, 0.2) is 0 Å². The Morgan fingerprint density at radius 2 is 1.53 bits per heavy atom. The molecule has 0 saturated carbocycles. The van der Waals surface area contributed by atoms with Gasteiger partial charge in [-0.2, -0.15) is 4.31 Å². The fraction of sp³-hybridized carbons (Fsp3) is 0.174. The van der Waals surface area contributed by atoms with Gasteiger partial charge in [0, 0.05) is 43.3 Å². The molecule has 0 bridgehead atoms. The number of nitrogens with one attached hydrogen (secondary N) is 1. The topological polar surface area (TPSA) is 73.5 Å². The lowest BCUT2D eigenvalue weighted by atomic mass is 10.1. The van der Waals surface area contributed by atoms with Crippen LogP contribution in [0.1, 0.15) is 10.4 Å². The number of amides is 1. The molecule has 1 saturated heterocycles. The fourth-order valence-corrected chi connectivity index (χ4v) is 5.49. The number of aromatic nitrogens is 1. The Balaban J connectivity index is 1.34. The molecule has 1 aromatic heterocycles. The maximum absolute atomic E-state index is 13.1. The number of nitrogens with zero attached hydrogens (tertiary/aromatic N) is 2. The van der Waals surface area contributed by atoms with Crippen LogP contribution in [-0.2, 0) is 10.0 Å². The van der Waals surface area contributed by atoms with Crippen molar-refractivity contribution in [3.05, 3.63) is 78.5 Å². The van der Waals surface area contributed by atoms with E-state index in [0.717, 1.165) is 21.7 Å². The Morgan fingerprint density at radius 1 is 0.833 bits per heavy atom. The van der Waals surface area contributed by atoms with Gasteiger partial charge in [-0.15, -0.1) is 0 Å². The molecule has 4 aromatic rings. The average Bonchev–Trinajstić information content (AvgIpc) is 3.22. The van der Waals surface area contributed by atoms with Crippen molar-refractivity contribution >= 4 is 37.6 Å². The summed E-state index contributed by atoms with van der Waals surface area (Å²) in [6.45, 7) is 1.29. The van der Waals surface area contributed by atoms with E-state index >= 15 is 0 Å². The third-order valence-corrected chi connectivity index (χ3v) is 7.60. The summed E-state index contributed by atoms with van der Waals surface area (Å²) in [7, 11) is -3.60. The van der Waals surface area contributed by atoms with Crippen molar-refractivity contribution in [3.8, 4) is 0 Å². The number of H-pyrrole nitrogens is 1. The van der Waals surface area contributed by atoms with Gasteiger partial charge in [-0.05, 0) is 29.0 Å². The number of hydrogen-bond acceptors (Lipinski definition) is 3. The van der Waals surface area contributed by atoms with E-state index in [-0.39, 0.29) is 23.9 Å². The predicted octanol–water partition coefficient (Wildman–Crippen LogP) is 3.47. The molecule has 0 unspecified atom stereocenters. The fourth-order valence-electron chi connectivity index (χ4n) is 4.03. The molecule has 0 aliphatic carbocycles. The van der Waals surface area contributed by atoms with Crippen LogP contribution in [0.25, 0.3) is 21.7 Å². The van der Waals surface area contributed by atoms with Gasteiger partial charge in [-0.3, -0.25) is 4.79 Å². The second-order valence-electron chi connectivity index (χ2n) is 7.45. The van der Waals surface area contributed by atoms with Crippen LogP contribution in [0.2, 0.25) is 0 Å². The molecule has 1 aliphatic rings. The van der Waals surface area contributed by atoms with Crippen LogP contribution in [0.4, 0.5) is 0 Å². The highest BCUT2D eigenvalue weighted by Gasteiger charge is 2.31. The highest BCUT2D eigenvalue weighted by Crippen LogP contribution is 2.24. The van der Waals surface area contributed by atoms with Gasteiger partial charge in [0.25, 0.3) is 5.91 Å². The first-order valence-electron chi connectivity index (χ1n) is 9.88. The summed E-state index contributed by atoms with van der Waals surface area (Å²) in [5.41, 5.74) is 1.54. The minimum atomic E-state index is -3.60. The number of piperazine rings is 1. The predicted molar refractivity (Wildman–Crippen MR) is 117 cm³/mol. The Hall–Kier alpha value is -3.16. The second-order valence-corrected chi connectivity index (χ2v) is 9.39. The zero-order chi connectivity index (χ0) is 20.7. The highest BCUT2D eigenvalue weighted by atomic mass is 32.2. The van der Waals surface area contributed by atoms with Crippen LogP contribution in [0.5, 0.6) is 0 Å². The van der Waals surface area contributed by atoms with Gasteiger partial charge in [0.2, 0.25) is 10.0 Å². The van der Waals surface area contributed by atoms with E-state index in [2.05, 4.69) is 4.98 Å². The molecule has 0 spiro atoms. The van der Waals surface area contributed by atoms with E-state index in [1.807, 2.05) is 54.6 Å². The van der Waals surface area contributed by atoms with Crippen LogP contribution in [-0.4, -0.2) is 54.7 Å². The van der Waals surface area contributed by atoms with E-state index in [0.29, 0.717) is 18.7 Å². The molecule has 1 N–H and O–H groups in total. The number of fused-ring (bicyclic) bond motifs is 2. The molecule has 1 aliphatic heterocycles. The minimum absolute atomic E-state index is 0.0739. The van der Waals surface area contributed by atoms with Gasteiger partial charge in [-0.1, -0.05) is 48.5 Å². The van der Waals surface area contributed by atoms with E-state index in [4.69, 9.17) is 0 Å². The molecular weight excluding hydrogens is 398 g/mol. The third-order valence-electron chi connectivity index (χ3n) is 5.70. The maximum atomic E-state index is 13.1. The lowest BCUT2D eigenvalue weighted by Crippen LogP contribution is -2.50. The smallest absolute Gasteiger partial charge is 0.256 e. The Kier molecular flexibility index (Phi) is 4.56. The number of carbonyl (C=O) groups excluding carboxylic acids is 1. The Labute approximate surface area is 174 Å². The van der Waals surface area contributed by atoms with Gasteiger partial charge in [0.1, 0.15) is 0 Å². The molecule has 6 nitrogen and oxygen atoms in total. The lowest BCUT2D eigenvalue weighted by Gasteiger charge is -2.34.